The van der Waals surface area contributed by atoms with Crippen molar-refractivity contribution in [3.63, 3.8) is 0 Å². The second-order valence-electron chi connectivity index (χ2n) is 7.69. The average Bonchev–Trinajstić information content (AvgIpc) is 3.21. The lowest BCUT2D eigenvalue weighted by Gasteiger charge is -2.14. The number of carbonyl (C=O) groups is 1. The maximum Gasteiger partial charge on any atom is 0.263 e. The molecule has 2 aromatic heterocycles. The molecular formula is C21H23N3O4S3. The normalized spacial score (nSPS) is 17.8. The molecule has 1 fully saturated rings. The standard InChI is InChI=1S/C21H23N3O4S3/c1-13-14(2)30-19-18(13)20(26)24(10-15-6-4-3-5-7-15)21(23-19)29-11-17(25)22-16-8-9-31(27,28)12-16/h3-7,16H,8-12H2,1-2H3,(H,22,25)/t16-/m1/s1. The number of sulfone groups is 1. The van der Waals surface area contributed by atoms with Crippen LogP contribution in [0.2, 0.25) is 0 Å². The minimum Gasteiger partial charge on any atom is -0.352 e. The number of nitrogens with zero attached hydrogens (tertiary/aromatic N) is 2. The number of hydrogen-bond acceptors (Lipinski definition) is 7. The lowest BCUT2D eigenvalue weighted by molar-refractivity contribution is -0.119. The molecule has 10 heteroatoms. The van der Waals surface area contributed by atoms with Gasteiger partial charge in [-0.1, -0.05) is 42.1 Å². The van der Waals surface area contributed by atoms with Gasteiger partial charge in [0.05, 0.1) is 29.2 Å². The van der Waals surface area contributed by atoms with Crippen molar-refractivity contribution in [3.8, 4) is 0 Å². The number of thiophene rings is 1. The van der Waals surface area contributed by atoms with Crippen molar-refractivity contribution in [1.82, 2.24) is 14.9 Å². The van der Waals surface area contributed by atoms with Gasteiger partial charge in [0.15, 0.2) is 15.0 Å². The van der Waals surface area contributed by atoms with Gasteiger partial charge < -0.3 is 5.32 Å². The Hall–Kier alpha value is -2.17. The van der Waals surface area contributed by atoms with Crippen LogP contribution >= 0.6 is 23.1 Å². The van der Waals surface area contributed by atoms with Crippen molar-refractivity contribution in [3.05, 3.63) is 56.7 Å². The van der Waals surface area contributed by atoms with Crippen molar-refractivity contribution in [2.24, 2.45) is 0 Å². The quantitative estimate of drug-likeness (QED) is 0.433. The molecule has 164 valence electrons. The lowest BCUT2D eigenvalue weighted by atomic mass is 10.2. The van der Waals surface area contributed by atoms with Crippen LogP contribution in [0.25, 0.3) is 10.2 Å². The fourth-order valence-electron chi connectivity index (χ4n) is 3.63. The monoisotopic (exact) mass is 477 g/mol. The lowest BCUT2D eigenvalue weighted by Crippen LogP contribution is -2.36. The highest BCUT2D eigenvalue weighted by molar-refractivity contribution is 7.99. The number of nitrogens with one attached hydrogen (secondary N) is 1. The summed E-state index contributed by atoms with van der Waals surface area (Å²) in [4.78, 5) is 32.2. The highest BCUT2D eigenvalue weighted by Crippen LogP contribution is 2.28. The molecule has 0 aliphatic carbocycles. The van der Waals surface area contributed by atoms with E-state index in [2.05, 4.69) is 5.32 Å². The zero-order chi connectivity index (χ0) is 22.2. The molecule has 1 aliphatic heterocycles. The van der Waals surface area contributed by atoms with Gasteiger partial charge in [-0.2, -0.15) is 0 Å². The Morgan fingerprint density at radius 3 is 2.71 bits per heavy atom. The highest BCUT2D eigenvalue weighted by Gasteiger charge is 2.29. The van der Waals surface area contributed by atoms with Gasteiger partial charge >= 0.3 is 0 Å². The second kappa shape index (κ2) is 8.76. The smallest absolute Gasteiger partial charge is 0.263 e. The Morgan fingerprint density at radius 2 is 2.03 bits per heavy atom. The summed E-state index contributed by atoms with van der Waals surface area (Å²) in [6.07, 6.45) is 0.440. The van der Waals surface area contributed by atoms with Crippen LogP contribution in [0.3, 0.4) is 0 Å². The van der Waals surface area contributed by atoms with E-state index in [4.69, 9.17) is 4.98 Å². The van der Waals surface area contributed by atoms with Gasteiger partial charge in [0.25, 0.3) is 5.56 Å². The van der Waals surface area contributed by atoms with E-state index in [1.807, 2.05) is 44.2 Å². The summed E-state index contributed by atoms with van der Waals surface area (Å²) in [5.41, 5.74) is 1.80. The molecule has 4 rings (SSSR count). The summed E-state index contributed by atoms with van der Waals surface area (Å²) in [5, 5.41) is 3.90. The number of aromatic nitrogens is 2. The molecule has 0 radical (unpaired) electrons. The molecule has 1 aromatic carbocycles. The fraction of sp³-hybridized carbons (Fsp3) is 0.381. The van der Waals surface area contributed by atoms with E-state index in [9.17, 15) is 18.0 Å². The zero-order valence-electron chi connectivity index (χ0n) is 17.3. The van der Waals surface area contributed by atoms with Crippen LogP contribution in [-0.2, 0) is 21.2 Å². The van der Waals surface area contributed by atoms with Crippen molar-refractivity contribution in [2.45, 2.75) is 38.0 Å². The van der Waals surface area contributed by atoms with E-state index >= 15 is 0 Å². The number of aryl methyl sites for hydroxylation is 2. The van der Waals surface area contributed by atoms with Crippen molar-refractivity contribution in [1.29, 1.82) is 0 Å². The molecule has 3 aromatic rings. The number of amides is 1. The topological polar surface area (TPSA) is 98.1 Å². The molecule has 1 aliphatic rings. The third kappa shape index (κ3) is 4.86. The Balaban J connectivity index is 1.60. The van der Waals surface area contributed by atoms with Crippen LogP contribution in [0, 0.1) is 13.8 Å². The fourth-order valence-corrected chi connectivity index (χ4v) is 7.19. The number of hydrogen-bond donors (Lipinski definition) is 1. The van der Waals surface area contributed by atoms with Crippen LogP contribution in [0.4, 0.5) is 0 Å². The molecule has 7 nitrogen and oxygen atoms in total. The summed E-state index contributed by atoms with van der Waals surface area (Å²) >= 11 is 2.68. The number of thioether (sulfide) groups is 1. The third-order valence-corrected chi connectivity index (χ3v) is 9.21. The summed E-state index contributed by atoms with van der Waals surface area (Å²) in [7, 11) is -3.06. The van der Waals surface area contributed by atoms with Gasteiger partial charge in [0, 0.05) is 10.9 Å². The molecule has 3 heterocycles. The molecule has 0 spiro atoms. The van der Waals surface area contributed by atoms with Crippen LogP contribution in [-0.4, -0.2) is 47.2 Å². The Bertz CT molecular complexity index is 1300. The predicted octanol–water partition coefficient (Wildman–Crippen LogP) is 2.52. The van der Waals surface area contributed by atoms with Gasteiger partial charge in [0.1, 0.15) is 4.83 Å². The van der Waals surface area contributed by atoms with Crippen molar-refractivity contribution < 1.29 is 13.2 Å². The van der Waals surface area contributed by atoms with Gasteiger partial charge in [0.2, 0.25) is 5.91 Å². The Labute approximate surface area is 188 Å². The molecule has 1 amide bonds. The van der Waals surface area contributed by atoms with E-state index in [1.165, 1.54) is 23.1 Å². The van der Waals surface area contributed by atoms with E-state index in [0.29, 0.717) is 28.3 Å². The number of benzene rings is 1. The molecule has 31 heavy (non-hydrogen) atoms. The van der Waals surface area contributed by atoms with Crippen LogP contribution < -0.4 is 10.9 Å². The first-order chi connectivity index (χ1) is 14.7. The van der Waals surface area contributed by atoms with Crippen LogP contribution in [0.5, 0.6) is 0 Å². The summed E-state index contributed by atoms with van der Waals surface area (Å²) < 4.78 is 24.8. The van der Waals surface area contributed by atoms with Crippen LogP contribution in [0.15, 0.2) is 40.3 Å². The summed E-state index contributed by atoms with van der Waals surface area (Å²) in [6.45, 7) is 4.26. The number of rotatable bonds is 6. The minimum atomic E-state index is -3.06. The number of carbonyl (C=O) groups excluding carboxylic acids is 1. The van der Waals surface area contributed by atoms with Gasteiger partial charge in [-0.15, -0.1) is 11.3 Å². The molecule has 1 saturated heterocycles. The zero-order valence-corrected chi connectivity index (χ0v) is 19.7. The second-order valence-corrected chi connectivity index (χ2v) is 12.1. The predicted molar refractivity (Wildman–Crippen MR) is 125 cm³/mol. The van der Waals surface area contributed by atoms with E-state index in [1.54, 1.807) is 4.57 Å². The maximum absolute atomic E-state index is 13.3. The third-order valence-electron chi connectivity index (χ3n) is 5.37. The Morgan fingerprint density at radius 1 is 1.29 bits per heavy atom. The van der Waals surface area contributed by atoms with E-state index < -0.39 is 9.84 Å². The maximum atomic E-state index is 13.3. The van der Waals surface area contributed by atoms with E-state index in [0.717, 1.165) is 16.0 Å². The van der Waals surface area contributed by atoms with Crippen molar-refractivity contribution >= 4 is 49.1 Å². The highest BCUT2D eigenvalue weighted by atomic mass is 32.2. The van der Waals surface area contributed by atoms with Crippen LogP contribution in [0.1, 0.15) is 22.4 Å². The summed E-state index contributed by atoms with van der Waals surface area (Å²) in [5.74, 6) is -0.102. The molecule has 0 unspecified atom stereocenters. The van der Waals surface area contributed by atoms with Gasteiger partial charge in [-0.25, -0.2) is 13.4 Å². The van der Waals surface area contributed by atoms with Gasteiger partial charge in [-0.05, 0) is 31.4 Å². The SMILES string of the molecule is Cc1sc2nc(SCC(=O)N[C@@H]3CCS(=O)(=O)C3)n(Cc3ccccc3)c(=O)c2c1C. The van der Waals surface area contributed by atoms with E-state index in [-0.39, 0.29) is 34.8 Å². The molecular weight excluding hydrogens is 454 g/mol. The molecule has 0 saturated carbocycles. The largest absolute Gasteiger partial charge is 0.352 e. The molecule has 1 N–H and O–H groups in total. The van der Waals surface area contributed by atoms with Gasteiger partial charge in [-0.3, -0.25) is 14.2 Å². The first kappa shape index (κ1) is 22.0. The first-order valence-electron chi connectivity index (χ1n) is 9.90. The number of fused-ring (bicyclic) bond motifs is 1. The Kier molecular flexibility index (Phi) is 6.23. The first-order valence-corrected chi connectivity index (χ1v) is 13.5. The average molecular weight is 478 g/mol. The summed E-state index contributed by atoms with van der Waals surface area (Å²) in [6, 6.07) is 9.31. The molecule has 1 atom stereocenters. The minimum absolute atomic E-state index is 0.0138. The van der Waals surface area contributed by atoms with Crippen molar-refractivity contribution in [2.75, 3.05) is 17.3 Å². The molecule has 0 bridgehead atoms.